The van der Waals surface area contributed by atoms with Gasteiger partial charge in [-0.15, -0.1) is 0 Å². The summed E-state index contributed by atoms with van der Waals surface area (Å²) in [7, 11) is -3.53. The fraction of sp³-hybridized carbons (Fsp3) is 0.455. The second-order valence-electron chi connectivity index (χ2n) is 4.11. The minimum atomic E-state index is -3.53. The number of hydrogen-bond acceptors (Lipinski definition) is 5. The van der Waals surface area contributed by atoms with Gasteiger partial charge in [-0.2, -0.15) is 0 Å². The second kappa shape index (κ2) is 5.92. The van der Waals surface area contributed by atoms with Crippen LogP contribution >= 0.6 is 0 Å². The molecule has 0 atom stereocenters. The normalized spacial score (nSPS) is 11.6. The minimum absolute atomic E-state index is 0.0566. The highest BCUT2D eigenvalue weighted by Crippen LogP contribution is 2.29. The van der Waals surface area contributed by atoms with E-state index in [-0.39, 0.29) is 28.6 Å². The molecule has 1 rings (SSSR count). The molecule has 0 bridgehead atoms. The van der Waals surface area contributed by atoms with Crippen molar-refractivity contribution in [1.29, 1.82) is 0 Å². The average Bonchev–Trinajstić information content (AvgIpc) is 2.22. The summed E-state index contributed by atoms with van der Waals surface area (Å²) in [6.07, 6.45) is 1.48. The minimum Gasteiger partial charge on any atom is -0.399 e. The Labute approximate surface area is 107 Å². The van der Waals surface area contributed by atoms with Gasteiger partial charge in [0.15, 0.2) is 9.84 Å². The quantitative estimate of drug-likeness (QED) is 0.520. The zero-order chi connectivity index (χ0) is 13.8. The van der Waals surface area contributed by atoms with Gasteiger partial charge in [-0.05, 0) is 25.0 Å². The van der Waals surface area contributed by atoms with Gasteiger partial charge in [-0.25, -0.2) is 13.5 Å². The standard InChI is InChI=1S/C11H18N3O3S/c12-8-6-9(13)11(10(14)7-8)18(16,17)5-3-1-2-4-15/h6-7H,1-5,12-14H2. The Balaban J connectivity index is 2.92. The van der Waals surface area contributed by atoms with Crippen molar-refractivity contribution in [2.45, 2.75) is 24.2 Å². The summed E-state index contributed by atoms with van der Waals surface area (Å²) < 4.78 is 24.1. The van der Waals surface area contributed by atoms with Gasteiger partial charge in [0.1, 0.15) is 4.90 Å². The van der Waals surface area contributed by atoms with Crippen LogP contribution in [-0.2, 0) is 14.9 Å². The largest absolute Gasteiger partial charge is 0.399 e. The highest BCUT2D eigenvalue weighted by molar-refractivity contribution is 7.91. The topological polar surface area (TPSA) is 132 Å². The van der Waals surface area contributed by atoms with Crippen LogP contribution < -0.4 is 17.2 Å². The van der Waals surface area contributed by atoms with Crippen LogP contribution in [-0.4, -0.2) is 20.8 Å². The molecule has 0 saturated carbocycles. The zero-order valence-corrected chi connectivity index (χ0v) is 10.9. The lowest BCUT2D eigenvalue weighted by atomic mass is 10.2. The molecule has 0 heterocycles. The molecule has 101 valence electrons. The van der Waals surface area contributed by atoms with Gasteiger partial charge >= 0.3 is 0 Å². The highest BCUT2D eigenvalue weighted by atomic mass is 32.2. The number of sulfone groups is 1. The lowest BCUT2D eigenvalue weighted by molar-refractivity contribution is 0.186. The molecule has 0 aliphatic heterocycles. The van der Waals surface area contributed by atoms with E-state index in [0.29, 0.717) is 24.9 Å². The first-order valence-electron chi connectivity index (χ1n) is 5.64. The monoisotopic (exact) mass is 272 g/mol. The molecule has 0 saturated heterocycles. The first-order valence-corrected chi connectivity index (χ1v) is 7.29. The highest BCUT2D eigenvalue weighted by Gasteiger charge is 2.21. The number of rotatable bonds is 6. The van der Waals surface area contributed by atoms with Crippen molar-refractivity contribution in [3.05, 3.63) is 12.1 Å². The van der Waals surface area contributed by atoms with Crippen LogP contribution in [0.2, 0.25) is 0 Å². The average molecular weight is 272 g/mol. The van der Waals surface area contributed by atoms with E-state index in [0.717, 1.165) is 0 Å². The Hall–Kier alpha value is -1.47. The third-order valence-electron chi connectivity index (χ3n) is 2.54. The van der Waals surface area contributed by atoms with Crippen LogP contribution in [0.1, 0.15) is 19.3 Å². The van der Waals surface area contributed by atoms with Crippen molar-refractivity contribution in [1.82, 2.24) is 0 Å². The molecule has 1 aromatic rings. The predicted molar refractivity (Wildman–Crippen MR) is 71.1 cm³/mol. The Bertz CT molecular complexity index is 491. The van der Waals surface area contributed by atoms with Gasteiger partial charge in [-0.1, -0.05) is 6.42 Å². The third-order valence-corrected chi connectivity index (χ3v) is 4.46. The van der Waals surface area contributed by atoms with Gasteiger partial charge < -0.3 is 17.2 Å². The predicted octanol–water partition coefficient (Wildman–Crippen LogP) is 0.808. The number of anilines is 3. The van der Waals surface area contributed by atoms with E-state index in [4.69, 9.17) is 17.2 Å². The first-order chi connectivity index (χ1) is 8.38. The Morgan fingerprint density at radius 1 is 0.944 bits per heavy atom. The van der Waals surface area contributed by atoms with E-state index in [1.54, 1.807) is 0 Å². The molecule has 1 aromatic carbocycles. The fourth-order valence-electron chi connectivity index (χ4n) is 1.73. The SMILES string of the molecule is Nc1cc(N)c(S(=O)(=O)CCCCC[O])c(N)c1. The summed E-state index contributed by atoms with van der Waals surface area (Å²) >= 11 is 0. The van der Waals surface area contributed by atoms with Crippen LogP contribution in [0.3, 0.4) is 0 Å². The summed E-state index contributed by atoms with van der Waals surface area (Å²) in [5.74, 6) is -0.0642. The third kappa shape index (κ3) is 3.51. The van der Waals surface area contributed by atoms with Gasteiger partial charge in [0.25, 0.3) is 0 Å². The summed E-state index contributed by atoms with van der Waals surface area (Å²) in [6, 6.07) is 2.75. The Kier molecular flexibility index (Phi) is 4.80. The van der Waals surface area contributed by atoms with Gasteiger partial charge in [-0.3, -0.25) is 0 Å². The lowest BCUT2D eigenvalue weighted by Gasteiger charge is -2.11. The van der Waals surface area contributed by atoms with E-state index >= 15 is 0 Å². The van der Waals surface area contributed by atoms with Crippen LogP contribution in [0, 0.1) is 0 Å². The Morgan fingerprint density at radius 3 is 2.00 bits per heavy atom. The first kappa shape index (κ1) is 14.6. The van der Waals surface area contributed by atoms with Crippen molar-refractivity contribution in [3.63, 3.8) is 0 Å². The van der Waals surface area contributed by atoms with Crippen molar-refractivity contribution in [3.8, 4) is 0 Å². The summed E-state index contributed by atoms with van der Waals surface area (Å²) in [4.78, 5) is -0.0566. The van der Waals surface area contributed by atoms with E-state index in [9.17, 15) is 13.5 Å². The molecule has 0 aromatic heterocycles. The van der Waals surface area contributed by atoms with E-state index in [2.05, 4.69) is 0 Å². The maximum absolute atomic E-state index is 12.1. The molecule has 0 spiro atoms. The maximum atomic E-state index is 12.1. The number of nitrogen functional groups attached to an aromatic ring is 3. The molecule has 0 aliphatic carbocycles. The van der Waals surface area contributed by atoms with Crippen LogP contribution in [0.15, 0.2) is 17.0 Å². The number of benzene rings is 1. The number of nitrogens with two attached hydrogens (primary N) is 3. The molecule has 0 amide bonds. The van der Waals surface area contributed by atoms with Gasteiger partial charge in [0.2, 0.25) is 0 Å². The van der Waals surface area contributed by atoms with Crippen molar-refractivity contribution in [2.24, 2.45) is 0 Å². The molecule has 1 radical (unpaired) electrons. The summed E-state index contributed by atoms with van der Waals surface area (Å²) in [5.41, 5.74) is 17.3. The van der Waals surface area contributed by atoms with Crippen LogP contribution in [0.5, 0.6) is 0 Å². The summed E-state index contributed by atoms with van der Waals surface area (Å²) in [6.45, 7) is -0.188. The number of hydrogen-bond donors (Lipinski definition) is 3. The molecular formula is C11H18N3O3S. The fourth-order valence-corrected chi connectivity index (χ4v) is 3.36. The van der Waals surface area contributed by atoms with Crippen molar-refractivity contribution >= 4 is 26.9 Å². The van der Waals surface area contributed by atoms with Crippen LogP contribution in [0.25, 0.3) is 0 Å². The molecule has 6 nitrogen and oxygen atoms in total. The molecular weight excluding hydrogens is 254 g/mol. The maximum Gasteiger partial charge on any atom is 0.182 e. The van der Waals surface area contributed by atoms with E-state index in [1.807, 2.05) is 0 Å². The Morgan fingerprint density at radius 2 is 1.50 bits per heavy atom. The molecule has 0 unspecified atom stereocenters. The zero-order valence-electron chi connectivity index (χ0n) is 10.1. The molecule has 0 aliphatic rings. The van der Waals surface area contributed by atoms with Crippen molar-refractivity contribution in [2.75, 3.05) is 29.6 Å². The van der Waals surface area contributed by atoms with Gasteiger partial charge in [0, 0.05) is 5.69 Å². The lowest BCUT2D eigenvalue weighted by Crippen LogP contribution is -2.13. The second-order valence-corrected chi connectivity index (χ2v) is 6.16. The summed E-state index contributed by atoms with van der Waals surface area (Å²) in [5, 5.41) is 10.3. The van der Waals surface area contributed by atoms with Gasteiger partial charge in [0.05, 0.1) is 23.7 Å². The van der Waals surface area contributed by atoms with E-state index in [1.165, 1.54) is 12.1 Å². The van der Waals surface area contributed by atoms with Crippen LogP contribution in [0.4, 0.5) is 17.1 Å². The number of unbranched alkanes of at least 4 members (excludes halogenated alkanes) is 2. The van der Waals surface area contributed by atoms with Crippen molar-refractivity contribution < 1.29 is 13.5 Å². The van der Waals surface area contributed by atoms with E-state index < -0.39 is 9.84 Å². The molecule has 7 heteroatoms. The molecule has 18 heavy (non-hydrogen) atoms. The smallest absolute Gasteiger partial charge is 0.182 e. The molecule has 0 fully saturated rings. The molecule has 6 N–H and O–H groups in total.